The van der Waals surface area contributed by atoms with Crippen LogP contribution in [0.15, 0.2) is 82.1 Å². The number of carbonyl (C=O) groups excluding carboxylic acids is 3. The average molecular weight is 740 g/mol. The maximum absolute atomic E-state index is 14.3. The fourth-order valence-electron chi connectivity index (χ4n) is 6.76. The number of benzene rings is 3. The molecule has 3 aromatic carbocycles. The number of ether oxygens (including phenoxy) is 3. The standard InChI is InChI=1S/C40H45N5O7S/c1-40(2,3)52-38(47)41-32-25-53-34-18-15-28(21-33(34)45(37(32)46)22-26-13-16-31(17-14-26)50-30-11-7-8-12-30)35-42-43-36(51-35)29-19-20-44(23-29)39(48)49-24-27-9-5-4-6-10-27/h4-6,9-10,13-18,21,29-30,32H,7-8,11-12,19-20,22-25H2,1-3H3,(H,41,47)/t29?,32-/m0/s1. The number of fused-ring (bicyclic) bond motifs is 1. The van der Waals surface area contributed by atoms with Crippen LogP contribution in [0.1, 0.15) is 75.8 Å². The van der Waals surface area contributed by atoms with Crippen molar-refractivity contribution in [2.45, 2.75) is 94.6 Å². The summed E-state index contributed by atoms with van der Waals surface area (Å²) in [7, 11) is 0. The van der Waals surface area contributed by atoms with Gasteiger partial charge in [-0.1, -0.05) is 42.5 Å². The van der Waals surface area contributed by atoms with E-state index in [1.165, 1.54) is 24.6 Å². The van der Waals surface area contributed by atoms with Crippen molar-refractivity contribution in [2.75, 3.05) is 23.7 Å². The summed E-state index contributed by atoms with van der Waals surface area (Å²) in [5, 5.41) is 11.5. The second kappa shape index (κ2) is 15.9. The van der Waals surface area contributed by atoms with Gasteiger partial charge in [0.05, 0.1) is 24.3 Å². The average Bonchev–Trinajstić information content (AvgIpc) is 3.93. The molecule has 3 aliphatic rings. The minimum Gasteiger partial charge on any atom is -0.490 e. The molecule has 7 rings (SSSR count). The van der Waals surface area contributed by atoms with Crippen LogP contribution < -0.4 is 15.0 Å². The second-order valence-electron chi connectivity index (χ2n) is 14.7. The number of nitrogens with one attached hydrogen (secondary N) is 1. The SMILES string of the molecule is CC(C)(C)OC(=O)N[C@H]1CSc2ccc(-c3nnc(C4CCN(C(=O)OCc5ccccc5)C4)o3)cc2N(Cc2ccc(OC3CCCC3)cc2)C1=O. The highest BCUT2D eigenvalue weighted by molar-refractivity contribution is 7.99. The van der Waals surface area contributed by atoms with Crippen molar-refractivity contribution in [1.82, 2.24) is 20.4 Å². The molecule has 2 fully saturated rings. The summed E-state index contributed by atoms with van der Waals surface area (Å²) in [4.78, 5) is 44.1. The summed E-state index contributed by atoms with van der Waals surface area (Å²) in [5.74, 6) is 1.50. The van der Waals surface area contributed by atoms with E-state index < -0.39 is 17.7 Å². The zero-order valence-electron chi connectivity index (χ0n) is 30.3. The molecule has 4 aromatic rings. The predicted molar refractivity (Wildman–Crippen MR) is 200 cm³/mol. The lowest BCUT2D eigenvalue weighted by molar-refractivity contribution is -0.120. The molecule has 1 aliphatic carbocycles. The Morgan fingerprint density at radius 3 is 2.49 bits per heavy atom. The number of hydrogen-bond acceptors (Lipinski definition) is 10. The first kappa shape index (κ1) is 36.3. The highest BCUT2D eigenvalue weighted by atomic mass is 32.2. The topological polar surface area (TPSA) is 136 Å². The monoisotopic (exact) mass is 739 g/mol. The summed E-state index contributed by atoms with van der Waals surface area (Å²) in [6.07, 6.45) is 4.40. The molecule has 13 heteroatoms. The van der Waals surface area contributed by atoms with E-state index in [1.54, 1.807) is 30.6 Å². The fourth-order valence-corrected chi connectivity index (χ4v) is 7.81. The van der Waals surface area contributed by atoms with Crippen molar-refractivity contribution in [3.05, 3.63) is 89.8 Å². The first-order valence-electron chi connectivity index (χ1n) is 18.2. The van der Waals surface area contributed by atoms with E-state index >= 15 is 0 Å². The van der Waals surface area contributed by atoms with Crippen LogP contribution in [0, 0.1) is 0 Å². The van der Waals surface area contributed by atoms with Crippen LogP contribution in [0.25, 0.3) is 11.5 Å². The van der Waals surface area contributed by atoms with Crippen LogP contribution >= 0.6 is 11.8 Å². The lowest BCUT2D eigenvalue weighted by atomic mass is 10.1. The highest BCUT2D eigenvalue weighted by Gasteiger charge is 2.35. The molecule has 278 valence electrons. The highest BCUT2D eigenvalue weighted by Crippen LogP contribution is 2.39. The summed E-state index contributed by atoms with van der Waals surface area (Å²) >= 11 is 1.48. The first-order chi connectivity index (χ1) is 25.6. The van der Waals surface area contributed by atoms with E-state index in [-0.39, 0.29) is 37.2 Å². The minimum atomic E-state index is -0.824. The van der Waals surface area contributed by atoms with Gasteiger partial charge in [-0.2, -0.15) is 0 Å². The lowest BCUT2D eigenvalue weighted by Crippen LogP contribution is -2.50. The summed E-state index contributed by atoms with van der Waals surface area (Å²) in [6.45, 7) is 6.76. The number of hydrogen-bond donors (Lipinski definition) is 1. The molecule has 1 N–H and O–H groups in total. The minimum absolute atomic E-state index is 0.129. The predicted octanol–water partition coefficient (Wildman–Crippen LogP) is 7.72. The Morgan fingerprint density at radius 1 is 0.962 bits per heavy atom. The molecule has 1 unspecified atom stereocenters. The fraction of sp³-hybridized carbons (Fsp3) is 0.425. The molecule has 0 spiro atoms. The first-order valence-corrected chi connectivity index (χ1v) is 19.2. The van der Waals surface area contributed by atoms with E-state index in [0.29, 0.717) is 48.3 Å². The van der Waals surface area contributed by atoms with Crippen LogP contribution in [0.3, 0.4) is 0 Å². The Balaban J connectivity index is 1.08. The second-order valence-corrected chi connectivity index (χ2v) is 15.8. The molecule has 3 heterocycles. The van der Waals surface area contributed by atoms with Crippen molar-refractivity contribution in [1.29, 1.82) is 0 Å². The Kier molecular flexibility index (Phi) is 10.9. The number of alkyl carbamates (subject to hydrolysis) is 1. The van der Waals surface area contributed by atoms with Crippen LogP contribution in [-0.2, 0) is 27.4 Å². The Hall–Kier alpha value is -5.04. The molecule has 0 bridgehead atoms. The molecule has 53 heavy (non-hydrogen) atoms. The van der Waals surface area contributed by atoms with Gasteiger partial charge in [0.1, 0.15) is 24.0 Å². The number of carbonyl (C=O) groups is 3. The number of likely N-dealkylation sites (tertiary alicyclic amines) is 1. The van der Waals surface area contributed by atoms with Crippen molar-refractivity contribution in [3.63, 3.8) is 0 Å². The van der Waals surface area contributed by atoms with Gasteiger partial charge in [-0.15, -0.1) is 22.0 Å². The molecule has 1 saturated heterocycles. The molecule has 0 radical (unpaired) electrons. The molecular weight excluding hydrogens is 695 g/mol. The summed E-state index contributed by atoms with van der Waals surface area (Å²) < 4.78 is 23.4. The van der Waals surface area contributed by atoms with Gasteiger partial charge < -0.3 is 33.7 Å². The molecule has 3 amide bonds. The maximum Gasteiger partial charge on any atom is 0.410 e. The molecule has 1 saturated carbocycles. The van der Waals surface area contributed by atoms with Gasteiger partial charge >= 0.3 is 12.2 Å². The number of thioether (sulfide) groups is 1. The van der Waals surface area contributed by atoms with Gasteiger partial charge in [-0.3, -0.25) is 4.79 Å². The van der Waals surface area contributed by atoms with Crippen LogP contribution in [0.2, 0.25) is 0 Å². The van der Waals surface area contributed by atoms with E-state index in [2.05, 4.69) is 15.5 Å². The Labute approximate surface area is 313 Å². The maximum atomic E-state index is 14.3. The molecule has 1 aromatic heterocycles. The Bertz CT molecular complexity index is 1910. The van der Waals surface area contributed by atoms with Gasteiger partial charge in [-0.25, -0.2) is 9.59 Å². The number of nitrogens with zero attached hydrogens (tertiary/aromatic N) is 4. The lowest BCUT2D eigenvalue weighted by Gasteiger charge is -2.27. The zero-order valence-corrected chi connectivity index (χ0v) is 31.1. The van der Waals surface area contributed by atoms with Gasteiger partial charge in [0.15, 0.2) is 0 Å². The van der Waals surface area contributed by atoms with E-state index in [4.69, 9.17) is 18.6 Å². The van der Waals surface area contributed by atoms with Gasteiger partial charge in [-0.05, 0) is 94.3 Å². The molecule has 2 atom stereocenters. The smallest absolute Gasteiger partial charge is 0.410 e. The van der Waals surface area contributed by atoms with E-state index in [0.717, 1.165) is 34.6 Å². The summed E-state index contributed by atoms with van der Waals surface area (Å²) in [6, 6.07) is 22.3. The van der Waals surface area contributed by atoms with Crippen LogP contribution in [0.4, 0.5) is 15.3 Å². The van der Waals surface area contributed by atoms with Crippen molar-refractivity contribution < 1.29 is 33.0 Å². The quantitative estimate of drug-likeness (QED) is 0.182. The van der Waals surface area contributed by atoms with Crippen molar-refractivity contribution >= 4 is 35.5 Å². The van der Waals surface area contributed by atoms with Gasteiger partial charge in [0, 0.05) is 29.3 Å². The number of rotatable bonds is 9. The van der Waals surface area contributed by atoms with Gasteiger partial charge in [0.2, 0.25) is 11.8 Å². The largest absolute Gasteiger partial charge is 0.490 e. The van der Waals surface area contributed by atoms with Crippen LogP contribution in [-0.4, -0.2) is 69.8 Å². The normalized spacial score (nSPS) is 19.1. The number of anilines is 1. The molecule has 12 nitrogen and oxygen atoms in total. The third kappa shape index (κ3) is 9.13. The molecular formula is C40H45N5O7S. The van der Waals surface area contributed by atoms with E-state index in [9.17, 15) is 14.4 Å². The Morgan fingerprint density at radius 2 is 1.74 bits per heavy atom. The van der Waals surface area contributed by atoms with Crippen molar-refractivity contribution in [2.24, 2.45) is 0 Å². The molecule has 2 aliphatic heterocycles. The number of amides is 3. The zero-order chi connectivity index (χ0) is 37.0. The third-order valence-electron chi connectivity index (χ3n) is 9.47. The van der Waals surface area contributed by atoms with E-state index in [1.807, 2.05) is 72.8 Å². The third-order valence-corrected chi connectivity index (χ3v) is 10.6. The van der Waals surface area contributed by atoms with Crippen LogP contribution in [0.5, 0.6) is 5.75 Å². The summed E-state index contributed by atoms with van der Waals surface area (Å²) in [5.41, 5.74) is 2.44. The van der Waals surface area contributed by atoms with Gasteiger partial charge in [0.25, 0.3) is 5.91 Å². The van der Waals surface area contributed by atoms with Crippen molar-refractivity contribution in [3.8, 4) is 17.2 Å². The number of aromatic nitrogens is 2.